The lowest BCUT2D eigenvalue weighted by molar-refractivity contribution is -0.119. The van der Waals surface area contributed by atoms with E-state index in [-0.39, 0.29) is 17.3 Å². The average molecular weight is 423 g/mol. The minimum Gasteiger partial charge on any atom is -0.325 e. The van der Waals surface area contributed by atoms with Gasteiger partial charge in [-0.3, -0.25) is 4.79 Å². The van der Waals surface area contributed by atoms with Crippen molar-refractivity contribution in [2.24, 2.45) is 0 Å². The minimum absolute atomic E-state index is 0.0833. The molecule has 1 amide bonds. The second-order valence-corrected chi connectivity index (χ2v) is 8.98. The normalized spacial score (nSPS) is 18.0. The molecule has 1 fully saturated rings. The maximum Gasteiger partial charge on any atom is 0.246 e. The molecule has 140 valence electrons. The van der Waals surface area contributed by atoms with Crippen molar-refractivity contribution in [3.63, 3.8) is 0 Å². The summed E-state index contributed by atoms with van der Waals surface area (Å²) in [5, 5.41) is 3.33. The van der Waals surface area contributed by atoms with Gasteiger partial charge in [-0.1, -0.05) is 17.7 Å². The van der Waals surface area contributed by atoms with Gasteiger partial charge < -0.3 is 5.32 Å². The van der Waals surface area contributed by atoms with Gasteiger partial charge in [0.1, 0.15) is 22.0 Å². The Balaban J connectivity index is 1.63. The summed E-state index contributed by atoms with van der Waals surface area (Å²) in [5.41, 5.74) is 1.44. The molecule has 0 spiro atoms. The molecule has 7 nitrogen and oxygen atoms in total. The van der Waals surface area contributed by atoms with Gasteiger partial charge in [-0.05, 0) is 49.2 Å². The van der Waals surface area contributed by atoms with Crippen molar-refractivity contribution >= 4 is 56.0 Å². The van der Waals surface area contributed by atoms with E-state index in [9.17, 15) is 13.2 Å². The maximum absolute atomic E-state index is 13.2. The Morgan fingerprint density at radius 1 is 1.19 bits per heavy atom. The summed E-state index contributed by atoms with van der Waals surface area (Å²) >= 11 is 6.82. The number of hydrogen-bond donors (Lipinski definition) is 1. The maximum atomic E-state index is 13.2. The number of nitrogens with one attached hydrogen (secondary N) is 1. The molecule has 1 N–H and O–H groups in total. The summed E-state index contributed by atoms with van der Waals surface area (Å²) in [5.74, 6) is -0.359. The predicted octanol–water partition coefficient (Wildman–Crippen LogP) is 3.14. The number of sulfonamides is 1. The van der Waals surface area contributed by atoms with E-state index >= 15 is 0 Å². The van der Waals surface area contributed by atoms with Crippen molar-refractivity contribution in [3.05, 3.63) is 47.5 Å². The summed E-state index contributed by atoms with van der Waals surface area (Å²) in [7, 11) is -3.87. The number of rotatable bonds is 4. The smallest absolute Gasteiger partial charge is 0.246 e. The van der Waals surface area contributed by atoms with Gasteiger partial charge in [0.25, 0.3) is 0 Å². The van der Waals surface area contributed by atoms with Crippen LogP contribution < -0.4 is 5.32 Å². The lowest BCUT2D eigenvalue weighted by Crippen LogP contribution is -2.43. The number of nitrogens with zero attached hydrogens (tertiary/aromatic N) is 3. The van der Waals surface area contributed by atoms with Crippen LogP contribution >= 0.6 is 23.3 Å². The monoisotopic (exact) mass is 422 g/mol. The molecular weight excluding hydrogens is 408 g/mol. The first-order chi connectivity index (χ1) is 13.0. The number of carbonyl (C=O) groups excluding carboxylic acids is 1. The zero-order valence-electron chi connectivity index (χ0n) is 14.0. The molecule has 27 heavy (non-hydrogen) atoms. The first kappa shape index (κ1) is 18.3. The topological polar surface area (TPSA) is 92.3 Å². The summed E-state index contributed by atoms with van der Waals surface area (Å²) in [4.78, 5) is 12.8. The molecule has 1 unspecified atom stereocenters. The van der Waals surface area contributed by atoms with Gasteiger partial charge in [-0.15, -0.1) is 0 Å². The second-order valence-electron chi connectivity index (χ2n) is 6.16. The van der Waals surface area contributed by atoms with Gasteiger partial charge in [-0.2, -0.15) is 13.1 Å². The molecule has 1 saturated heterocycles. The standard InChI is InChI=1S/C17H15ClN4O3S2/c18-11-6-8-12(9-7-11)19-17(23)14-4-2-10-22(14)27(24,25)15-5-1-3-13-16(15)21-26-20-13/h1,3,5-9,14H,2,4,10H2,(H,19,23). The second kappa shape index (κ2) is 7.16. The molecular formula is C17H15ClN4O3S2. The zero-order chi connectivity index (χ0) is 19.0. The molecule has 3 aromatic rings. The first-order valence-corrected chi connectivity index (χ1v) is 10.8. The number of halogens is 1. The Morgan fingerprint density at radius 3 is 2.74 bits per heavy atom. The third kappa shape index (κ3) is 3.43. The van der Waals surface area contributed by atoms with E-state index in [4.69, 9.17) is 11.6 Å². The number of hydrogen-bond acceptors (Lipinski definition) is 6. The predicted molar refractivity (Wildman–Crippen MR) is 104 cm³/mol. The Hall–Kier alpha value is -2.07. The van der Waals surface area contributed by atoms with Gasteiger partial charge >= 0.3 is 0 Å². The lowest BCUT2D eigenvalue weighted by atomic mass is 10.2. The number of amides is 1. The molecule has 0 radical (unpaired) electrons. The lowest BCUT2D eigenvalue weighted by Gasteiger charge is -2.23. The Bertz CT molecular complexity index is 1100. The van der Waals surface area contributed by atoms with Crippen LogP contribution in [0.25, 0.3) is 11.0 Å². The molecule has 2 aromatic carbocycles. The number of aromatic nitrogens is 2. The fourth-order valence-electron chi connectivity index (χ4n) is 3.16. The highest BCUT2D eigenvalue weighted by molar-refractivity contribution is 7.89. The van der Waals surface area contributed by atoms with Crippen molar-refractivity contribution in [2.75, 3.05) is 11.9 Å². The van der Waals surface area contributed by atoms with Gasteiger partial charge in [0.15, 0.2) is 0 Å². The average Bonchev–Trinajstić information content (AvgIpc) is 3.32. The zero-order valence-corrected chi connectivity index (χ0v) is 16.4. The molecule has 4 rings (SSSR count). The summed E-state index contributed by atoms with van der Waals surface area (Å²) in [6.07, 6.45) is 1.08. The molecule has 1 aliphatic rings. The van der Waals surface area contributed by atoms with Crippen molar-refractivity contribution in [1.29, 1.82) is 0 Å². The van der Waals surface area contributed by atoms with Crippen molar-refractivity contribution < 1.29 is 13.2 Å². The van der Waals surface area contributed by atoms with Gasteiger partial charge in [0, 0.05) is 17.3 Å². The molecule has 0 aliphatic carbocycles. The van der Waals surface area contributed by atoms with Crippen LogP contribution in [0.1, 0.15) is 12.8 Å². The van der Waals surface area contributed by atoms with Crippen LogP contribution in [0, 0.1) is 0 Å². The molecule has 0 saturated carbocycles. The van der Waals surface area contributed by atoms with E-state index in [0.717, 1.165) is 11.7 Å². The number of fused-ring (bicyclic) bond motifs is 1. The van der Waals surface area contributed by atoms with Crippen LogP contribution in [0.3, 0.4) is 0 Å². The van der Waals surface area contributed by atoms with Crippen LogP contribution in [0.2, 0.25) is 5.02 Å². The SMILES string of the molecule is O=C(Nc1ccc(Cl)cc1)C1CCCN1S(=O)(=O)c1cccc2nsnc12. The van der Waals surface area contributed by atoms with Crippen LogP contribution in [0.4, 0.5) is 5.69 Å². The van der Waals surface area contributed by atoms with E-state index in [2.05, 4.69) is 14.1 Å². The number of carbonyl (C=O) groups is 1. The number of benzene rings is 2. The Morgan fingerprint density at radius 2 is 1.96 bits per heavy atom. The summed E-state index contributed by atoms with van der Waals surface area (Å²) < 4.78 is 35.9. The van der Waals surface area contributed by atoms with Crippen LogP contribution in [0.5, 0.6) is 0 Å². The van der Waals surface area contributed by atoms with Crippen molar-refractivity contribution in [2.45, 2.75) is 23.8 Å². The van der Waals surface area contributed by atoms with Gasteiger partial charge in [0.2, 0.25) is 15.9 Å². The van der Waals surface area contributed by atoms with E-state index < -0.39 is 16.1 Å². The molecule has 2 heterocycles. The van der Waals surface area contributed by atoms with E-state index in [1.165, 1.54) is 10.4 Å². The van der Waals surface area contributed by atoms with Gasteiger partial charge in [-0.25, -0.2) is 8.42 Å². The minimum atomic E-state index is -3.87. The number of anilines is 1. The largest absolute Gasteiger partial charge is 0.325 e. The molecule has 1 atom stereocenters. The summed E-state index contributed by atoms with van der Waals surface area (Å²) in [6.45, 7) is 0.287. The fourth-order valence-corrected chi connectivity index (χ4v) is 5.70. The highest BCUT2D eigenvalue weighted by Crippen LogP contribution is 2.30. The highest BCUT2D eigenvalue weighted by Gasteiger charge is 2.40. The first-order valence-electron chi connectivity index (χ1n) is 8.26. The van der Waals surface area contributed by atoms with Crippen LogP contribution in [-0.4, -0.2) is 40.0 Å². The van der Waals surface area contributed by atoms with Gasteiger partial charge in [0.05, 0.1) is 11.7 Å². The van der Waals surface area contributed by atoms with Crippen LogP contribution in [-0.2, 0) is 14.8 Å². The molecule has 10 heteroatoms. The van der Waals surface area contributed by atoms with E-state index in [0.29, 0.717) is 34.6 Å². The quantitative estimate of drug-likeness (QED) is 0.697. The third-order valence-electron chi connectivity index (χ3n) is 4.45. The van der Waals surface area contributed by atoms with Crippen molar-refractivity contribution in [1.82, 2.24) is 13.1 Å². The fraction of sp³-hybridized carbons (Fsp3) is 0.235. The highest BCUT2D eigenvalue weighted by atomic mass is 35.5. The Labute approximate surface area is 165 Å². The van der Waals surface area contributed by atoms with E-state index in [1.54, 1.807) is 36.4 Å². The molecule has 0 bridgehead atoms. The Kier molecular flexibility index (Phi) is 4.85. The van der Waals surface area contributed by atoms with E-state index in [1.807, 2.05) is 0 Å². The molecule has 1 aliphatic heterocycles. The molecule has 1 aromatic heterocycles. The third-order valence-corrected chi connectivity index (χ3v) is 7.19. The summed E-state index contributed by atoms with van der Waals surface area (Å²) in [6, 6.07) is 10.8. The van der Waals surface area contributed by atoms with Crippen LogP contribution in [0.15, 0.2) is 47.4 Å². The van der Waals surface area contributed by atoms with Crippen molar-refractivity contribution in [3.8, 4) is 0 Å².